The topological polar surface area (TPSA) is 69.7 Å². The predicted octanol–water partition coefficient (Wildman–Crippen LogP) is 2.11. The molecule has 0 radical (unpaired) electrons. The van der Waals surface area contributed by atoms with E-state index in [2.05, 4.69) is 0 Å². The molecule has 5 nitrogen and oxygen atoms in total. The molecule has 22 heavy (non-hydrogen) atoms. The maximum atomic E-state index is 12.3. The van der Waals surface area contributed by atoms with Crippen LogP contribution in [0.5, 0.6) is 0 Å². The van der Waals surface area contributed by atoms with E-state index in [-0.39, 0.29) is 23.8 Å². The van der Waals surface area contributed by atoms with Crippen LogP contribution >= 0.6 is 0 Å². The fourth-order valence-corrected chi connectivity index (χ4v) is 4.16. The van der Waals surface area contributed by atoms with E-state index in [0.717, 1.165) is 11.1 Å². The minimum atomic E-state index is -0.806. The van der Waals surface area contributed by atoms with Gasteiger partial charge in [-0.25, -0.2) is 4.79 Å². The molecule has 0 amide bonds. The summed E-state index contributed by atoms with van der Waals surface area (Å²) in [6.07, 6.45) is 1.65. The highest BCUT2D eigenvalue weighted by molar-refractivity contribution is 5.97. The molecule has 118 valence electrons. The second kappa shape index (κ2) is 4.80. The molecule has 0 aromatic carbocycles. The zero-order valence-corrected chi connectivity index (χ0v) is 13.3. The summed E-state index contributed by atoms with van der Waals surface area (Å²) < 4.78 is 10.8. The summed E-state index contributed by atoms with van der Waals surface area (Å²) in [7, 11) is 0. The average molecular weight is 304 g/mol. The van der Waals surface area contributed by atoms with Crippen molar-refractivity contribution in [3.8, 4) is 0 Å². The molecule has 5 heteroatoms. The Bertz CT molecular complexity index is 641. The highest BCUT2D eigenvalue weighted by atomic mass is 16.6. The molecule has 0 spiro atoms. The summed E-state index contributed by atoms with van der Waals surface area (Å²) in [5, 5.41) is 0. The first-order valence-electron chi connectivity index (χ1n) is 7.54. The first kappa shape index (κ1) is 15.0. The van der Waals surface area contributed by atoms with E-state index >= 15 is 0 Å². The van der Waals surface area contributed by atoms with E-state index in [0.29, 0.717) is 18.4 Å². The van der Waals surface area contributed by atoms with E-state index in [1.807, 2.05) is 13.8 Å². The largest absolute Gasteiger partial charge is 0.454 e. The van der Waals surface area contributed by atoms with E-state index in [1.165, 1.54) is 6.92 Å². The summed E-state index contributed by atoms with van der Waals surface area (Å²) in [5.41, 5.74) is 2.15. The Labute approximate surface area is 129 Å². The Morgan fingerprint density at radius 3 is 2.68 bits per heavy atom. The first-order valence-corrected chi connectivity index (χ1v) is 7.54. The Balaban J connectivity index is 2.04. The van der Waals surface area contributed by atoms with Gasteiger partial charge < -0.3 is 9.47 Å². The van der Waals surface area contributed by atoms with Crippen molar-refractivity contribution in [2.75, 3.05) is 0 Å². The quantitative estimate of drug-likeness (QED) is 0.694. The highest BCUT2D eigenvalue weighted by Gasteiger charge is 2.56. The van der Waals surface area contributed by atoms with Gasteiger partial charge in [0.05, 0.1) is 0 Å². The third-order valence-electron chi connectivity index (χ3n) is 5.33. The van der Waals surface area contributed by atoms with Crippen molar-refractivity contribution in [3.05, 3.63) is 22.8 Å². The van der Waals surface area contributed by atoms with Gasteiger partial charge in [-0.05, 0) is 44.3 Å². The molecule has 4 atom stereocenters. The van der Waals surface area contributed by atoms with Crippen molar-refractivity contribution in [1.29, 1.82) is 0 Å². The van der Waals surface area contributed by atoms with Crippen molar-refractivity contribution < 1.29 is 23.9 Å². The van der Waals surface area contributed by atoms with Crippen LogP contribution in [0.4, 0.5) is 0 Å². The van der Waals surface area contributed by atoms with Crippen molar-refractivity contribution in [3.63, 3.8) is 0 Å². The maximum absolute atomic E-state index is 12.3. The Morgan fingerprint density at radius 2 is 2.05 bits per heavy atom. The van der Waals surface area contributed by atoms with Gasteiger partial charge in [0.1, 0.15) is 6.10 Å². The molecule has 1 aliphatic heterocycles. The zero-order chi connectivity index (χ0) is 16.2. The summed E-state index contributed by atoms with van der Waals surface area (Å²) in [6.45, 7) is 6.98. The van der Waals surface area contributed by atoms with Crippen molar-refractivity contribution in [2.45, 2.75) is 52.7 Å². The molecule has 0 aromatic rings. The summed E-state index contributed by atoms with van der Waals surface area (Å²) in [5.74, 6) is -0.850. The molecule has 0 saturated heterocycles. The van der Waals surface area contributed by atoms with Crippen LogP contribution in [0.2, 0.25) is 0 Å². The number of esters is 2. The highest BCUT2D eigenvalue weighted by Crippen LogP contribution is 2.54. The maximum Gasteiger partial charge on any atom is 0.334 e. The van der Waals surface area contributed by atoms with E-state index in [4.69, 9.17) is 9.47 Å². The smallest absolute Gasteiger partial charge is 0.334 e. The number of hydrogen-bond acceptors (Lipinski definition) is 5. The fourth-order valence-electron chi connectivity index (χ4n) is 4.16. The number of rotatable bonds is 1. The van der Waals surface area contributed by atoms with Gasteiger partial charge in [-0.1, -0.05) is 12.5 Å². The van der Waals surface area contributed by atoms with Crippen LogP contribution in [0, 0.1) is 11.3 Å². The first-order chi connectivity index (χ1) is 10.2. The normalized spacial score (nSPS) is 37.3. The molecule has 0 aromatic heterocycles. The lowest BCUT2D eigenvalue weighted by molar-refractivity contribution is -0.167. The van der Waals surface area contributed by atoms with Crippen molar-refractivity contribution >= 4 is 17.7 Å². The van der Waals surface area contributed by atoms with Gasteiger partial charge in [0, 0.05) is 17.9 Å². The molecule has 3 aliphatic rings. The van der Waals surface area contributed by atoms with Crippen LogP contribution in [0.15, 0.2) is 22.8 Å². The molecule has 2 aliphatic carbocycles. The third kappa shape index (κ3) is 2.02. The van der Waals surface area contributed by atoms with Gasteiger partial charge in [0.2, 0.25) is 0 Å². The van der Waals surface area contributed by atoms with E-state index in [9.17, 15) is 14.4 Å². The standard InChI is InChI=1S/C17H20O5/c1-8-5-13(19)15(21-10(3)18)17(4)7-14-11(6-12(8)17)9(2)16(20)22-14/h5,12,14-15H,6-7H2,1-4H3/t12-,14+,15+,17+/m0/s1. The lowest BCUT2D eigenvalue weighted by Gasteiger charge is -2.49. The minimum Gasteiger partial charge on any atom is -0.454 e. The van der Waals surface area contributed by atoms with Crippen LogP contribution in [0.3, 0.4) is 0 Å². The number of fused-ring (bicyclic) bond motifs is 2. The van der Waals surface area contributed by atoms with Gasteiger partial charge in [0.25, 0.3) is 0 Å². The Morgan fingerprint density at radius 1 is 1.36 bits per heavy atom. The Hall–Kier alpha value is -1.91. The number of allylic oxidation sites excluding steroid dienone is 1. The minimum absolute atomic E-state index is 0.0743. The van der Waals surface area contributed by atoms with E-state index < -0.39 is 17.5 Å². The second-order valence-corrected chi connectivity index (χ2v) is 6.79. The monoisotopic (exact) mass is 304 g/mol. The van der Waals surface area contributed by atoms with Crippen LogP contribution in [-0.2, 0) is 23.9 Å². The molecule has 1 fully saturated rings. The van der Waals surface area contributed by atoms with Gasteiger partial charge >= 0.3 is 11.9 Å². The summed E-state index contributed by atoms with van der Waals surface area (Å²) >= 11 is 0. The zero-order valence-electron chi connectivity index (χ0n) is 13.3. The van der Waals surface area contributed by atoms with Crippen LogP contribution in [-0.4, -0.2) is 29.9 Å². The fraction of sp³-hybridized carbons (Fsp3) is 0.588. The van der Waals surface area contributed by atoms with Gasteiger partial charge in [-0.2, -0.15) is 0 Å². The number of hydrogen-bond donors (Lipinski definition) is 0. The summed E-state index contributed by atoms with van der Waals surface area (Å²) in [6, 6.07) is 0. The second-order valence-electron chi connectivity index (χ2n) is 6.79. The molecular weight excluding hydrogens is 284 g/mol. The van der Waals surface area contributed by atoms with Crippen molar-refractivity contribution in [2.24, 2.45) is 11.3 Å². The van der Waals surface area contributed by atoms with Crippen molar-refractivity contribution in [1.82, 2.24) is 0 Å². The average Bonchev–Trinajstić information content (AvgIpc) is 2.67. The molecule has 0 unspecified atom stereocenters. The molecule has 1 heterocycles. The van der Waals surface area contributed by atoms with Gasteiger partial charge in [-0.15, -0.1) is 0 Å². The molecule has 0 N–H and O–H groups in total. The molecular formula is C17H20O5. The van der Waals surface area contributed by atoms with E-state index in [1.54, 1.807) is 13.0 Å². The van der Waals surface area contributed by atoms with Crippen LogP contribution in [0.25, 0.3) is 0 Å². The number of carbonyl (C=O) groups excluding carboxylic acids is 3. The Kier molecular flexibility index (Phi) is 3.27. The lowest BCUT2D eigenvalue weighted by atomic mass is 9.57. The third-order valence-corrected chi connectivity index (χ3v) is 5.33. The number of carbonyl (C=O) groups is 3. The SMILES string of the molecule is CC(=O)O[C@@H]1C(=O)C=C(C)[C@@H]2CC3=C(C)C(=O)O[C@@H]3C[C@@]12C. The van der Waals surface area contributed by atoms with Gasteiger partial charge in [0.15, 0.2) is 11.9 Å². The molecule has 1 saturated carbocycles. The molecule has 0 bridgehead atoms. The number of ketones is 1. The number of ether oxygens (including phenoxy) is 2. The van der Waals surface area contributed by atoms with Crippen LogP contribution < -0.4 is 0 Å². The summed E-state index contributed by atoms with van der Waals surface area (Å²) in [4.78, 5) is 35.6. The predicted molar refractivity (Wildman–Crippen MR) is 77.7 cm³/mol. The van der Waals surface area contributed by atoms with Crippen LogP contribution in [0.1, 0.15) is 40.5 Å². The lowest BCUT2D eigenvalue weighted by Crippen LogP contribution is -2.53. The molecule has 3 rings (SSSR count). The van der Waals surface area contributed by atoms with Gasteiger partial charge in [-0.3, -0.25) is 9.59 Å².